The van der Waals surface area contributed by atoms with E-state index in [-0.39, 0.29) is 22.8 Å². The molecule has 2 aromatic rings. The summed E-state index contributed by atoms with van der Waals surface area (Å²) in [5.41, 5.74) is 3.09. The van der Waals surface area contributed by atoms with Gasteiger partial charge in [-0.1, -0.05) is 36.9 Å². The Morgan fingerprint density at radius 3 is 2.84 bits per heavy atom. The van der Waals surface area contributed by atoms with Gasteiger partial charge in [0.25, 0.3) is 0 Å². The molecule has 170 valence electrons. The van der Waals surface area contributed by atoms with Crippen LogP contribution in [0.2, 0.25) is 0 Å². The molecule has 2 aliphatic rings. The largest absolute Gasteiger partial charge is 0.496 e. The van der Waals surface area contributed by atoms with E-state index in [1.807, 2.05) is 19.1 Å². The van der Waals surface area contributed by atoms with Crippen LogP contribution in [0.5, 0.6) is 5.75 Å². The third-order valence-electron chi connectivity index (χ3n) is 5.54. The molecule has 0 radical (unpaired) electrons. The number of anilines is 1. The van der Waals surface area contributed by atoms with Gasteiger partial charge in [0, 0.05) is 12.2 Å². The SMILES string of the molecule is COc1cc(C[C@H](C)CNC2=NCC(c3ccc4c(c3)CC(=O)N4)S2)ccc1C(F)(F)F. The second-order valence-electron chi connectivity index (χ2n) is 8.12. The zero-order valence-corrected chi connectivity index (χ0v) is 18.6. The van der Waals surface area contributed by atoms with Gasteiger partial charge in [0.2, 0.25) is 5.91 Å². The Kier molecular flexibility index (Phi) is 6.37. The number of hydrogen-bond acceptors (Lipinski definition) is 5. The van der Waals surface area contributed by atoms with Gasteiger partial charge < -0.3 is 15.4 Å². The lowest BCUT2D eigenvalue weighted by Crippen LogP contribution is -2.26. The molecular weight excluding hydrogens is 439 g/mol. The van der Waals surface area contributed by atoms with Crippen LogP contribution in [-0.4, -0.2) is 31.3 Å². The zero-order chi connectivity index (χ0) is 22.9. The lowest BCUT2D eigenvalue weighted by atomic mass is 9.99. The summed E-state index contributed by atoms with van der Waals surface area (Å²) in [6.45, 7) is 3.36. The van der Waals surface area contributed by atoms with Crippen molar-refractivity contribution in [2.45, 2.75) is 31.2 Å². The van der Waals surface area contributed by atoms with E-state index >= 15 is 0 Å². The van der Waals surface area contributed by atoms with Gasteiger partial charge in [0.05, 0.1) is 30.9 Å². The third-order valence-corrected chi connectivity index (χ3v) is 6.74. The number of amides is 1. The molecule has 0 bridgehead atoms. The van der Waals surface area contributed by atoms with E-state index in [0.29, 0.717) is 25.9 Å². The first kappa shape index (κ1) is 22.5. The first-order valence-corrected chi connectivity index (χ1v) is 11.2. The quantitative estimate of drug-likeness (QED) is 0.645. The van der Waals surface area contributed by atoms with Crippen molar-refractivity contribution in [3.63, 3.8) is 0 Å². The lowest BCUT2D eigenvalue weighted by molar-refractivity contribution is -0.138. The minimum absolute atomic E-state index is 0.0227. The summed E-state index contributed by atoms with van der Waals surface area (Å²) in [6, 6.07) is 10.1. The number of rotatable bonds is 6. The molecule has 4 rings (SSSR count). The van der Waals surface area contributed by atoms with Gasteiger partial charge in [0.15, 0.2) is 5.17 Å². The van der Waals surface area contributed by atoms with Crippen molar-refractivity contribution in [1.29, 1.82) is 0 Å². The minimum Gasteiger partial charge on any atom is -0.496 e. The maximum Gasteiger partial charge on any atom is 0.419 e. The average Bonchev–Trinajstić information content (AvgIpc) is 3.36. The van der Waals surface area contributed by atoms with E-state index in [0.717, 1.165) is 33.6 Å². The second kappa shape index (κ2) is 9.05. The van der Waals surface area contributed by atoms with Gasteiger partial charge in [-0.3, -0.25) is 9.79 Å². The zero-order valence-electron chi connectivity index (χ0n) is 17.8. The molecule has 2 heterocycles. The van der Waals surface area contributed by atoms with Crippen LogP contribution in [0, 0.1) is 5.92 Å². The van der Waals surface area contributed by atoms with Crippen LogP contribution in [0.3, 0.4) is 0 Å². The Labute approximate surface area is 188 Å². The normalized spacial score (nSPS) is 18.7. The van der Waals surface area contributed by atoms with E-state index in [4.69, 9.17) is 4.74 Å². The number of benzene rings is 2. The van der Waals surface area contributed by atoms with Gasteiger partial charge in [0.1, 0.15) is 5.75 Å². The maximum atomic E-state index is 13.0. The fraction of sp³-hybridized carbons (Fsp3) is 0.391. The molecule has 2 atom stereocenters. The second-order valence-corrected chi connectivity index (χ2v) is 9.31. The van der Waals surface area contributed by atoms with Gasteiger partial charge in [-0.05, 0) is 47.2 Å². The van der Waals surface area contributed by atoms with E-state index < -0.39 is 11.7 Å². The van der Waals surface area contributed by atoms with E-state index in [2.05, 4.69) is 21.7 Å². The fourth-order valence-electron chi connectivity index (χ4n) is 3.93. The summed E-state index contributed by atoms with van der Waals surface area (Å²) in [4.78, 5) is 16.1. The highest BCUT2D eigenvalue weighted by Crippen LogP contribution is 2.38. The van der Waals surface area contributed by atoms with Gasteiger partial charge in [-0.25, -0.2) is 0 Å². The molecule has 0 saturated carbocycles. The number of nitrogens with zero attached hydrogens (tertiary/aromatic N) is 1. The predicted octanol–water partition coefficient (Wildman–Crippen LogP) is 4.82. The van der Waals surface area contributed by atoms with Crippen molar-refractivity contribution in [3.05, 3.63) is 58.7 Å². The smallest absolute Gasteiger partial charge is 0.419 e. The lowest BCUT2D eigenvalue weighted by Gasteiger charge is -2.16. The van der Waals surface area contributed by atoms with Crippen LogP contribution >= 0.6 is 11.8 Å². The number of carbonyl (C=O) groups excluding carboxylic acids is 1. The third kappa shape index (κ3) is 5.03. The highest BCUT2D eigenvalue weighted by atomic mass is 32.2. The molecule has 1 amide bonds. The number of fused-ring (bicyclic) bond motifs is 1. The van der Waals surface area contributed by atoms with Crippen molar-refractivity contribution in [2.75, 3.05) is 25.5 Å². The first-order chi connectivity index (χ1) is 15.2. The van der Waals surface area contributed by atoms with Crippen molar-refractivity contribution < 1.29 is 22.7 Å². The van der Waals surface area contributed by atoms with Crippen molar-refractivity contribution in [3.8, 4) is 5.75 Å². The summed E-state index contributed by atoms with van der Waals surface area (Å²) in [7, 11) is 1.25. The number of thioether (sulfide) groups is 1. The maximum absolute atomic E-state index is 13.0. The number of alkyl halides is 3. The molecular formula is C23H24F3N3O2S. The molecule has 5 nitrogen and oxygen atoms in total. The summed E-state index contributed by atoms with van der Waals surface area (Å²) in [5, 5.41) is 7.27. The Hall–Kier alpha value is -2.68. The first-order valence-electron chi connectivity index (χ1n) is 10.3. The van der Waals surface area contributed by atoms with Crippen LogP contribution < -0.4 is 15.4 Å². The molecule has 0 aromatic heterocycles. The summed E-state index contributed by atoms with van der Waals surface area (Å²) in [6.07, 6.45) is -3.40. The van der Waals surface area contributed by atoms with Crippen LogP contribution in [0.25, 0.3) is 0 Å². The Morgan fingerprint density at radius 1 is 1.28 bits per heavy atom. The molecule has 0 aliphatic carbocycles. The molecule has 1 unspecified atom stereocenters. The standard InChI is InChI=1S/C23H24F3N3O2S/c1-13(7-14-3-5-17(23(24,25)26)19(8-14)31-2)11-27-22-28-12-20(32-22)15-4-6-18-16(9-15)10-21(30)29-18/h3-6,8-9,13,20H,7,10-12H2,1-2H3,(H,27,28)(H,29,30)/t13-,20?/m0/s1. The van der Waals surface area contributed by atoms with Gasteiger partial charge in [-0.15, -0.1) is 0 Å². The molecule has 0 spiro atoms. The van der Waals surface area contributed by atoms with Crippen molar-refractivity contribution >= 4 is 28.5 Å². The summed E-state index contributed by atoms with van der Waals surface area (Å²) >= 11 is 1.66. The minimum atomic E-state index is -4.43. The van der Waals surface area contributed by atoms with Crippen LogP contribution in [-0.2, 0) is 23.8 Å². The number of halogens is 3. The highest BCUT2D eigenvalue weighted by molar-refractivity contribution is 8.14. The number of carbonyl (C=O) groups is 1. The van der Waals surface area contributed by atoms with E-state index in [1.165, 1.54) is 19.2 Å². The van der Waals surface area contributed by atoms with Crippen LogP contribution in [0.15, 0.2) is 41.4 Å². The van der Waals surface area contributed by atoms with Crippen molar-refractivity contribution in [2.24, 2.45) is 10.9 Å². The molecule has 2 aliphatic heterocycles. The van der Waals surface area contributed by atoms with Crippen molar-refractivity contribution in [1.82, 2.24) is 5.32 Å². The number of ether oxygens (including phenoxy) is 1. The highest BCUT2D eigenvalue weighted by Gasteiger charge is 2.34. The number of amidine groups is 1. The molecule has 9 heteroatoms. The topological polar surface area (TPSA) is 62.7 Å². The number of aliphatic imine (C=N–C) groups is 1. The monoisotopic (exact) mass is 463 g/mol. The Morgan fingerprint density at radius 2 is 2.09 bits per heavy atom. The summed E-state index contributed by atoms with van der Waals surface area (Å²) in [5.74, 6) is 0.0605. The number of hydrogen-bond donors (Lipinski definition) is 2. The van der Waals surface area contributed by atoms with E-state index in [9.17, 15) is 18.0 Å². The number of methoxy groups -OCH3 is 1. The van der Waals surface area contributed by atoms with Gasteiger partial charge >= 0.3 is 6.18 Å². The fourth-order valence-corrected chi connectivity index (χ4v) is 4.95. The van der Waals surface area contributed by atoms with Crippen LogP contribution in [0.4, 0.5) is 18.9 Å². The predicted molar refractivity (Wildman–Crippen MR) is 120 cm³/mol. The molecule has 0 fully saturated rings. The molecule has 32 heavy (non-hydrogen) atoms. The van der Waals surface area contributed by atoms with E-state index in [1.54, 1.807) is 11.8 Å². The Balaban J connectivity index is 1.29. The number of nitrogens with one attached hydrogen (secondary N) is 2. The molecule has 0 saturated heterocycles. The van der Waals surface area contributed by atoms with Gasteiger partial charge in [-0.2, -0.15) is 13.2 Å². The average molecular weight is 464 g/mol. The molecule has 2 aromatic carbocycles. The van der Waals surface area contributed by atoms with Crippen LogP contribution in [0.1, 0.15) is 34.4 Å². The Bertz CT molecular complexity index is 1060. The molecule has 2 N–H and O–H groups in total. The summed E-state index contributed by atoms with van der Waals surface area (Å²) < 4.78 is 44.1.